The van der Waals surface area contributed by atoms with Gasteiger partial charge in [-0.1, -0.05) is 103 Å². The van der Waals surface area contributed by atoms with Gasteiger partial charge in [-0.3, -0.25) is 0 Å². The van der Waals surface area contributed by atoms with E-state index in [0.29, 0.717) is 0 Å². The van der Waals surface area contributed by atoms with Crippen LogP contribution in [0.1, 0.15) is 47.2 Å². The monoisotopic (exact) mass is 742 g/mol. The average molecular weight is 742 g/mol. The van der Waals surface area contributed by atoms with E-state index >= 15 is 0 Å². The van der Waals surface area contributed by atoms with E-state index in [1.165, 1.54) is 55.3 Å². The van der Waals surface area contributed by atoms with Crippen LogP contribution < -0.4 is 47.0 Å². The van der Waals surface area contributed by atoms with Crippen molar-refractivity contribution >= 4 is 46.2 Å². The summed E-state index contributed by atoms with van der Waals surface area (Å²) in [6.45, 7) is 5.01. The zero-order valence-electron chi connectivity index (χ0n) is 31.9. The highest BCUT2D eigenvalue weighted by Crippen LogP contribution is 2.45. The maximum Gasteiger partial charge on any atom is 0.270 e. The molecule has 0 radical (unpaired) electrons. The molecule has 5 nitrogen and oxygen atoms in total. The first kappa shape index (κ1) is 31.3. The summed E-state index contributed by atoms with van der Waals surface area (Å²) in [5.41, 5.74) is 21.9. The van der Waals surface area contributed by atoms with Gasteiger partial charge in [0.15, 0.2) is 0 Å². The highest BCUT2D eigenvalue weighted by atomic mass is 16.5. The van der Waals surface area contributed by atoms with Gasteiger partial charge < -0.3 is 14.2 Å². The van der Waals surface area contributed by atoms with Gasteiger partial charge in [0, 0.05) is 32.9 Å². The Balaban J connectivity index is 0.888. The van der Waals surface area contributed by atoms with Crippen molar-refractivity contribution < 1.29 is 14.2 Å². The van der Waals surface area contributed by atoms with Crippen molar-refractivity contribution in [3.63, 3.8) is 0 Å². The van der Waals surface area contributed by atoms with Gasteiger partial charge in [0.2, 0.25) is 6.71 Å². The lowest BCUT2D eigenvalue weighted by molar-refractivity contribution is 0.443. The molecule has 6 aliphatic rings. The van der Waals surface area contributed by atoms with Crippen molar-refractivity contribution in [2.45, 2.75) is 32.1 Å². The predicted molar refractivity (Wildman–Crippen MR) is 231 cm³/mol. The van der Waals surface area contributed by atoms with E-state index in [1.54, 1.807) is 0 Å². The average Bonchev–Trinajstić information content (AvgIpc) is 3.25. The summed E-state index contributed by atoms with van der Waals surface area (Å²) in [5.74, 6) is 4.83. The number of pyridine rings is 2. The van der Waals surface area contributed by atoms with Crippen LogP contribution in [0, 0.1) is 0 Å². The van der Waals surface area contributed by atoms with Gasteiger partial charge >= 0.3 is 0 Å². The predicted octanol–water partition coefficient (Wildman–Crippen LogP) is 7.27. The van der Waals surface area contributed by atoms with Crippen LogP contribution in [0.15, 0.2) is 133 Å². The normalized spacial score (nSPS) is 15.4. The summed E-state index contributed by atoms with van der Waals surface area (Å²) < 4.78 is 19.7. The SMILES string of the molecule is CC1(C)c2cccc3c2B2c4c(cccc41)Cc1c(-c4cccc(-c5cccc(-c6ccc7c8c6Oc6cccc9c6B8c6c(cccc6O7)O9)n5)n4)ccc(c12)C3. The molecule has 0 aliphatic carbocycles. The van der Waals surface area contributed by atoms with Gasteiger partial charge in [0.25, 0.3) is 6.71 Å². The topological polar surface area (TPSA) is 53.5 Å². The minimum Gasteiger partial charge on any atom is -0.458 e. The molecule has 6 aliphatic heterocycles. The minimum atomic E-state index is -0.0588. The molecule has 8 heterocycles. The van der Waals surface area contributed by atoms with Crippen molar-refractivity contribution in [3.8, 4) is 68.4 Å². The van der Waals surface area contributed by atoms with E-state index in [-0.39, 0.29) is 18.8 Å². The Morgan fingerprint density at radius 2 is 0.897 bits per heavy atom. The van der Waals surface area contributed by atoms with Crippen molar-refractivity contribution in [2.24, 2.45) is 0 Å². The third-order valence-electron chi connectivity index (χ3n) is 13.8. The Kier molecular flexibility index (Phi) is 5.79. The molecule has 0 amide bonds. The Labute approximate surface area is 336 Å². The van der Waals surface area contributed by atoms with Crippen molar-refractivity contribution in [1.29, 1.82) is 0 Å². The number of benzene rings is 6. The van der Waals surface area contributed by atoms with Crippen LogP contribution in [-0.4, -0.2) is 23.4 Å². The summed E-state index contributed by atoms with van der Waals surface area (Å²) in [5, 5.41) is 0. The fourth-order valence-electron chi connectivity index (χ4n) is 11.4. The summed E-state index contributed by atoms with van der Waals surface area (Å²) in [6.07, 6.45) is 1.87. The van der Waals surface area contributed by atoms with Gasteiger partial charge in [-0.2, -0.15) is 0 Å². The highest BCUT2D eigenvalue weighted by molar-refractivity contribution is 7.00. The van der Waals surface area contributed by atoms with Crippen molar-refractivity contribution in [1.82, 2.24) is 9.97 Å². The number of hydrogen-bond acceptors (Lipinski definition) is 5. The molecule has 8 aromatic rings. The second kappa shape index (κ2) is 10.8. The van der Waals surface area contributed by atoms with Gasteiger partial charge in [-0.05, 0) is 107 Å². The molecule has 2 aromatic heterocycles. The van der Waals surface area contributed by atoms with E-state index in [9.17, 15) is 0 Å². The number of aromatic nitrogens is 2. The van der Waals surface area contributed by atoms with Crippen molar-refractivity contribution in [2.75, 3.05) is 0 Å². The van der Waals surface area contributed by atoms with Crippen LogP contribution in [0.25, 0.3) is 33.9 Å². The van der Waals surface area contributed by atoms with Gasteiger partial charge in [0.1, 0.15) is 34.5 Å². The van der Waals surface area contributed by atoms with E-state index in [1.807, 2.05) is 36.4 Å². The van der Waals surface area contributed by atoms with Crippen LogP contribution in [0.4, 0.5) is 0 Å². The van der Waals surface area contributed by atoms with E-state index in [4.69, 9.17) is 24.2 Å². The fraction of sp³-hybridized carbons (Fsp3) is 0.0980. The first-order valence-electron chi connectivity index (χ1n) is 20.3. The fourth-order valence-corrected chi connectivity index (χ4v) is 11.4. The van der Waals surface area contributed by atoms with E-state index in [2.05, 4.69) is 111 Å². The molecule has 14 rings (SSSR count). The largest absolute Gasteiger partial charge is 0.458 e. The van der Waals surface area contributed by atoms with E-state index < -0.39 is 0 Å². The first-order chi connectivity index (χ1) is 28.5. The molecule has 0 atom stereocenters. The molecule has 0 spiro atoms. The maximum absolute atomic E-state index is 6.80. The molecule has 0 saturated heterocycles. The molecule has 7 heteroatoms. The minimum absolute atomic E-state index is 0.0399. The maximum atomic E-state index is 6.80. The standard InChI is InChI=1S/C51H32B2N2O3/c1-51(2)33-11-3-9-27-25-29-21-22-30(32-26-28-10-4-12-34(51)46(28)52(44(29)32)45(27)33)35-13-5-15-37(54-35)38-16-6-14-36(55-38)31-23-24-43-49-50(31)58-42-20-8-19-41-48(42)53(49)47-39(56-41)17-7-18-40(47)57-43/h3-24H,25-26H2,1-2H3. The molecule has 0 N–H and O–H groups in total. The van der Waals surface area contributed by atoms with Crippen molar-refractivity contribution in [3.05, 3.63) is 167 Å². The lowest BCUT2D eigenvalue weighted by atomic mass is 9.26. The van der Waals surface area contributed by atoms with Gasteiger partial charge in [-0.15, -0.1) is 0 Å². The third kappa shape index (κ3) is 3.89. The van der Waals surface area contributed by atoms with Crippen LogP contribution >= 0.6 is 0 Å². The highest BCUT2D eigenvalue weighted by Gasteiger charge is 2.49. The lowest BCUT2D eigenvalue weighted by Crippen LogP contribution is -2.67. The summed E-state index contributed by atoms with van der Waals surface area (Å²) in [6, 6.07) is 47.4. The smallest absolute Gasteiger partial charge is 0.270 e. The number of nitrogens with zero attached hydrogens (tertiary/aromatic N) is 2. The van der Waals surface area contributed by atoms with Crippen LogP contribution in [0.2, 0.25) is 0 Å². The van der Waals surface area contributed by atoms with E-state index in [0.717, 1.165) is 92.1 Å². The molecule has 58 heavy (non-hydrogen) atoms. The number of hydrogen-bond donors (Lipinski definition) is 0. The lowest BCUT2D eigenvalue weighted by Gasteiger charge is -2.45. The number of rotatable bonds is 3. The Hall–Kier alpha value is -6.85. The zero-order chi connectivity index (χ0) is 38.0. The second-order valence-corrected chi connectivity index (χ2v) is 17.1. The van der Waals surface area contributed by atoms with Gasteiger partial charge in [-0.25, -0.2) is 9.97 Å². The molecule has 6 aromatic carbocycles. The Bertz CT molecular complexity index is 3170. The molecule has 0 bridgehead atoms. The Morgan fingerprint density at radius 1 is 0.414 bits per heavy atom. The summed E-state index contributed by atoms with van der Waals surface area (Å²) in [4.78, 5) is 10.7. The van der Waals surface area contributed by atoms with Crippen LogP contribution in [-0.2, 0) is 18.3 Å². The summed E-state index contributed by atoms with van der Waals surface area (Å²) in [7, 11) is 0. The molecule has 0 fully saturated rings. The quantitative estimate of drug-likeness (QED) is 0.178. The molecular formula is C51H32B2N2O3. The zero-order valence-corrected chi connectivity index (χ0v) is 31.9. The third-order valence-corrected chi connectivity index (χ3v) is 13.8. The molecule has 0 unspecified atom stereocenters. The second-order valence-electron chi connectivity index (χ2n) is 17.1. The first-order valence-corrected chi connectivity index (χ1v) is 20.3. The Morgan fingerprint density at radius 3 is 1.55 bits per heavy atom. The molecular weight excluding hydrogens is 710 g/mol. The van der Waals surface area contributed by atoms with Crippen LogP contribution in [0.3, 0.4) is 0 Å². The van der Waals surface area contributed by atoms with Gasteiger partial charge in [0.05, 0.1) is 22.8 Å². The molecule has 270 valence electrons. The number of ether oxygens (including phenoxy) is 3. The molecule has 0 saturated carbocycles. The van der Waals surface area contributed by atoms with Crippen LogP contribution in [0.5, 0.6) is 34.5 Å². The summed E-state index contributed by atoms with van der Waals surface area (Å²) >= 11 is 0.